The summed E-state index contributed by atoms with van der Waals surface area (Å²) in [5.74, 6) is 0.855. The molecule has 0 saturated carbocycles. The minimum Gasteiger partial charge on any atom is -0.374 e. The molecular formula is C13H25NO. The molecule has 88 valence electrons. The van der Waals surface area contributed by atoms with Crippen LogP contribution in [0.3, 0.4) is 0 Å². The molecule has 2 fully saturated rings. The summed E-state index contributed by atoms with van der Waals surface area (Å²) in [6.07, 6.45) is 4.04. The Kier molecular flexibility index (Phi) is 2.85. The van der Waals surface area contributed by atoms with Crippen molar-refractivity contribution in [3.8, 4) is 0 Å². The van der Waals surface area contributed by atoms with Gasteiger partial charge in [0, 0.05) is 12.1 Å². The highest BCUT2D eigenvalue weighted by atomic mass is 16.5. The second kappa shape index (κ2) is 3.74. The van der Waals surface area contributed by atoms with Gasteiger partial charge in [-0.15, -0.1) is 0 Å². The van der Waals surface area contributed by atoms with E-state index in [2.05, 4.69) is 32.6 Å². The van der Waals surface area contributed by atoms with E-state index < -0.39 is 0 Å². The SMILES string of the molecule is C[C@H]1CN2CCC[C@@]2(COC(C)(C)C)C1. The maximum Gasteiger partial charge on any atom is 0.0657 e. The number of hydrogen-bond acceptors (Lipinski definition) is 2. The average Bonchev–Trinajstić information content (AvgIpc) is 2.55. The molecule has 2 nitrogen and oxygen atoms in total. The first-order valence-electron chi connectivity index (χ1n) is 6.30. The third kappa shape index (κ3) is 2.36. The Morgan fingerprint density at radius 1 is 1.40 bits per heavy atom. The van der Waals surface area contributed by atoms with E-state index in [4.69, 9.17) is 4.74 Å². The van der Waals surface area contributed by atoms with E-state index in [1.54, 1.807) is 0 Å². The third-order valence-corrected chi connectivity index (χ3v) is 3.78. The average molecular weight is 211 g/mol. The Bertz CT molecular complexity index is 233. The van der Waals surface area contributed by atoms with Gasteiger partial charge in [0.25, 0.3) is 0 Å². The maximum absolute atomic E-state index is 6.02. The van der Waals surface area contributed by atoms with Crippen molar-refractivity contribution in [1.82, 2.24) is 4.90 Å². The molecule has 2 rings (SSSR count). The van der Waals surface area contributed by atoms with E-state index >= 15 is 0 Å². The first kappa shape index (κ1) is 11.4. The molecule has 0 bridgehead atoms. The molecule has 0 unspecified atom stereocenters. The number of ether oxygens (including phenoxy) is 1. The third-order valence-electron chi connectivity index (χ3n) is 3.78. The lowest BCUT2D eigenvalue weighted by atomic mass is 9.91. The summed E-state index contributed by atoms with van der Waals surface area (Å²) in [5, 5.41) is 0. The van der Waals surface area contributed by atoms with Crippen LogP contribution in [0.25, 0.3) is 0 Å². The number of fused-ring (bicyclic) bond motifs is 1. The van der Waals surface area contributed by atoms with Crippen molar-refractivity contribution < 1.29 is 4.74 Å². The maximum atomic E-state index is 6.02. The van der Waals surface area contributed by atoms with Crippen molar-refractivity contribution in [2.45, 2.75) is 58.1 Å². The molecule has 2 heteroatoms. The molecule has 0 radical (unpaired) electrons. The highest BCUT2D eigenvalue weighted by Crippen LogP contribution is 2.42. The van der Waals surface area contributed by atoms with Gasteiger partial charge in [0.2, 0.25) is 0 Å². The Morgan fingerprint density at radius 2 is 2.13 bits per heavy atom. The van der Waals surface area contributed by atoms with Crippen molar-refractivity contribution in [1.29, 1.82) is 0 Å². The summed E-state index contributed by atoms with van der Waals surface area (Å²) in [7, 11) is 0. The van der Waals surface area contributed by atoms with Crippen molar-refractivity contribution in [2.75, 3.05) is 19.7 Å². The fraction of sp³-hybridized carbons (Fsp3) is 1.00. The minimum absolute atomic E-state index is 0.00877. The van der Waals surface area contributed by atoms with Gasteiger partial charge >= 0.3 is 0 Å². The second-order valence-electron chi connectivity index (χ2n) is 6.48. The smallest absolute Gasteiger partial charge is 0.0657 e. The van der Waals surface area contributed by atoms with Crippen LogP contribution in [0.4, 0.5) is 0 Å². The Balaban J connectivity index is 1.99. The van der Waals surface area contributed by atoms with E-state index in [1.165, 1.54) is 32.4 Å². The van der Waals surface area contributed by atoms with Gasteiger partial charge in [-0.25, -0.2) is 0 Å². The second-order valence-corrected chi connectivity index (χ2v) is 6.48. The minimum atomic E-state index is 0.00877. The topological polar surface area (TPSA) is 12.5 Å². The van der Waals surface area contributed by atoms with Crippen molar-refractivity contribution in [3.63, 3.8) is 0 Å². The van der Waals surface area contributed by atoms with Gasteiger partial charge in [-0.05, 0) is 52.5 Å². The first-order valence-corrected chi connectivity index (χ1v) is 6.30. The predicted molar refractivity (Wildman–Crippen MR) is 63.0 cm³/mol. The van der Waals surface area contributed by atoms with Crippen LogP contribution in [0.5, 0.6) is 0 Å². The van der Waals surface area contributed by atoms with E-state index in [0.29, 0.717) is 5.54 Å². The van der Waals surface area contributed by atoms with Crippen molar-refractivity contribution >= 4 is 0 Å². The molecule has 15 heavy (non-hydrogen) atoms. The van der Waals surface area contributed by atoms with Crippen LogP contribution in [0, 0.1) is 5.92 Å². The van der Waals surface area contributed by atoms with Crippen LogP contribution >= 0.6 is 0 Å². The molecule has 0 aromatic carbocycles. The molecule has 0 aliphatic carbocycles. The van der Waals surface area contributed by atoms with Gasteiger partial charge in [-0.2, -0.15) is 0 Å². The molecule has 0 N–H and O–H groups in total. The molecule has 0 aromatic rings. The fourth-order valence-electron chi connectivity index (χ4n) is 3.17. The van der Waals surface area contributed by atoms with Gasteiger partial charge in [-0.3, -0.25) is 4.90 Å². The van der Waals surface area contributed by atoms with Gasteiger partial charge in [0.15, 0.2) is 0 Å². The number of nitrogens with zero attached hydrogens (tertiary/aromatic N) is 1. The Hall–Kier alpha value is -0.0800. The predicted octanol–water partition coefficient (Wildman–Crippen LogP) is 2.68. The quantitative estimate of drug-likeness (QED) is 0.696. The molecule has 2 atom stereocenters. The fourth-order valence-corrected chi connectivity index (χ4v) is 3.17. The summed E-state index contributed by atoms with van der Waals surface area (Å²) >= 11 is 0. The van der Waals surface area contributed by atoms with Crippen LogP contribution in [-0.4, -0.2) is 35.7 Å². The lowest BCUT2D eigenvalue weighted by molar-refractivity contribution is -0.0524. The van der Waals surface area contributed by atoms with Crippen LogP contribution in [0.1, 0.15) is 47.0 Å². The zero-order valence-corrected chi connectivity index (χ0v) is 10.7. The highest BCUT2D eigenvalue weighted by molar-refractivity contribution is 5.02. The van der Waals surface area contributed by atoms with E-state index in [1.807, 2.05) is 0 Å². The zero-order valence-electron chi connectivity index (χ0n) is 10.7. The lowest BCUT2D eigenvalue weighted by Gasteiger charge is -2.34. The van der Waals surface area contributed by atoms with Crippen LogP contribution in [0.2, 0.25) is 0 Å². The molecule has 2 saturated heterocycles. The number of rotatable bonds is 2. The summed E-state index contributed by atoms with van der Waals surface area (Å²) in [6.45, 7) is 12.3. The summed E-state index contributed by atoms with van der Waals surface area (Å²) < 4.78 is 6.02. The zero-order chi connectivity index (χ0) is 11.1. The molecule has 0 spiro atoms. The van der Waals surface area contributed by atoms with E-state index in [0.717, 1.165) is 12.5 Å². The summed E-state index contributed by atoms with van der Waals surface area (Å²) in [6, 6.07) is 0. The molecule has 2 aliphatic rings. The van der Waals surface area contributed by atoms with Crippen LogP contribution in [0.15, 0.2) is 0 Å². The van der Waals surface area contributed by atoms with Crippen molar-refractivity contribution in [2.24, 2.45) is 5.92 Å². The first-order chi connectivity index (χ1) is 6.91. The molecular weight excluding hydrogens is 186 g/mol. The highest BCUT2D eigenvalue weighted by Gasteiger charge is 2.47. The van der Waals surface area contributed by atoms with Crippen molar-refractivity contribution in [3.05, 3.63) is 0 Å². The summed E-state index contributed by atoms with van der Waals surface area (Å²) in [4.78, 5) is 2.67. The van der Waals surface area contributed by atoms with Gasteiger partial charge in [0.1, 0.15) is 0 Å². The lowest BCUT2D eigenvalue weighted by Crippen LogP contribution is -2.44. The van der Waals surface area contributed by atoms with Gasteiger partial charge in [0.05, 0.1) is 12.2 Å². The molecule has 2 heterocycles. The molecule has 0 amide bonds. The van der Waals surface area contributed by atoms with Crippen LogP contribution in [-0.2, 0) is 4.74 Å². The molecule has 2 aliphatic heterocycles. The van der Waals surface area contributed by atoms with E-state index in [-0.39, 0.29) is 5.60 Å². The van der Waals surface area contributed by atoms with Crippen LogP contribution < -0.4 is 0 Å². The standard InChI is InChI=1S/C13H25NO/c1-11-8-13(10-15-12(2,3)4)6-5-7-14(13)9-11/h11H,5-10H2,1-4H3/t11-,13+/m1/s1. The monoisotopic (exact) mass is 211 g/mol. The summed E-state index contributed by atoms with van der Waals surface area (Å²) in [5.41, 5.74) is 0.404. The number of hydrogen-bond donors (Lipinski definition) is 0. The largest absolute Gasteiger partial charge is 0.374 e. The normalized spacial score (nSPS) is 37.2. The Labute approximate surface area is 94.0 Å². The van der Waals surface area contributed by atoms with Gasteiger partial charge in [-0.1, -0.05) is 6.92 Å². The molecule has 0 aromatic heterocycles. The van der Waals surface area contributed by atoms with E-state index in [9.17, 15) is 0 Å². The Morgan fingerprint density at radius 3 is 2.80 bits per heavy atom. The van der Waals surface area contributed by atoms with Gasteiger partial charge < -0.3 is 4.74 Å².